The summed E-state index contributed by atoms with van der Waals surface area (Å²) in [5.41, 5.74) is 5.83. The summed E-state index contributed by atoms with van der Waals surface area (Å²) < 4.78 is 85.3. The third-order valence-corrected chi connectivity index (χ3v) is 4.31. The van der Waals surface area contributed by atoms with E-state index in [0.717, 1.165) is 0 Å². The summed E-state index contributed by atoms with van der Waals surface area (Å²) in [7, 11) is -5.87. The number of aryl methyl sites for hydroxylation is 2. The van der Waals surface area contributed by atoms with Crippen molar-refractivity contribution in [3.8, 4) is 0 Å². The van der Waals surface area contributed by atoms with Crippen molar-refractivity contribution in [3.05, 3.63) is 23.3 Å². The maximum absolute atomic E-state index is 13.0. The Kier molecular flexibility index (Phi) is 3.57. The molecule has 1 aromatic rings. The average molecular weight is 303 g/mol. The van der Waals surface area contributed by atoms with E-state index in [0.29, 0.717) is 12.1 Å². The first-order chi connectivity index (χ1) is 8.32. The van der Waals surface area contributed by atoms with Gasteiger partial charge in [0.15, 0.2) is 0 Å². The molecule has 19 heavy (non-hydrogen) atoms. The number of nitrogens with two attached hydrogens (primary N) is 1. The Bertz CT molecular complexity index is 584. The van der Waals surface area contributed by atoms with Gasteiger partial charge in [-0.05, 0) is 37.1 Å². The molecular weight excluding hydrogens is 293 g/mol. The highest BCUT2D eigenvalue weighted by Gasteiger charge is 2.67. The Labute approximate surface area is 106 Å². The molecule has 0 aliphatic rings. The second-order valence-electron chi connectivity index (χ2n) is 3.99. The highest BCUT2D eigenvalue weighted by molar-refractivity contribution is 7.92. The van der Waals surface area contributed by atoms with Crippen LogP contribution in [-0.4, -0.2) is 19.8 Å². The maximum Gasteiger partial charge on any atom is 0.469 e. The first kappa shape index (κ1) is 15.7. The zero-order valence-electron chi connectivity index (χ0n) is 9.85. The predicted molar refractivity (Wildman–Crippen MR) is 58.5 cm³/mol. The van der Waals surface area contributed by atoms with E-state index in [9.17, 15) is 30.4 Å². The van der Waals surface area contributed by atoms with Crippen molar-refractivity contribution >= 4 is 15.5 Å². The van der Waals surface area contributed by atoms with Crippen LogP contribution in [-0.2, 0) is 9.84 Å². The fourth-order valence-electron chi connectivity index (χ4n) is 1.39. The summed E-state index contributed by atoms with van der Waals surface area (Å²) in [5.74, 6) is 0. The quantitative estimate of drug-likeness (QED) is 0.675. The van der Waals surface area contributed by atoms with Gasteiger partial charge in [0.25, 0.3) is 9.84 Å². The first-order valence-corrected chi connectivity index (χ1v) is 6.36. The second-order valence-corrected chi connectivity index (χ2v) is 5.98. The summed E-state index contributed by atoms with van der Waals surface area (Å²) in [6.07, 6.45) is -6.19. The third-order valence-electron chi connectivity index (χ3n) is 2.55. The van der Waals surface area contributed by atoms with E-state index in [2.05, 4.69) is 0 Å². The highest BCUT2D eigenvalue weighted by Crippen LogP contribution is 2.43. The second kappa shape index (κ2) is 4.32. The molecule has 0 spiro atoms. The van der Waals surface area contributed by atoms with E-state index in [1.165, 1.54) is 13.8 Å². The predicted octanol–water partition coefficient (Wildman–Crippen LogP) is 2.81. The molecule has 0 saturated heterocycles. The number of sulfone groups is 1. The van der Waals surface area contributed by atoms with Crippen LogP contribution in [0.5, 0.6) is 0 Å². The molecule has 0 radical (unpaired) electrons. The lowest BCUT2D eigenvalue weighted by atomic mass is 10.1. The fraction of sp³-hybridized carbons (Fsp3) is 0.400. The molecular formula is C10H10F5NO2S. The average Bonchev–Trinajstić information content (AvgIpc) is 2.23. The van der Waals surface area contributed by atoms with Gasteiger partial charge in [-0.1, -0.05) is 0 Å². The van der Waals surface area contributed by atoms with Crippen molar-refractivity contribution in [1.29, 1.82) is 0 Å². The number of hydrogen-bond donors (Lipinski definition) is 1. The van der Waals surface area contributed by atoms with Crippen LogP contribution in [0, 0.1) is 13.8 Å². The first-order valence-electron chi connectivity index (χ1n) is 4.88. The minimum absolute atomic E-state index is 0.108. The molecule has 0 amide bonds. The molecule has 3 nitrogen and oxygen atoms in total. The van der Waals surface area contributed by atoms with Crippen LogP contribution in [0.4, 0.5) is 27.6 Å². The van der Waals surface area contributed by atoms with E-state index >= 15 is 0 Å². The van der Waals surface area contributed by atoms with E-state index in [-0.39, 0.29) is 16.8 Å². The summed E-state index contributed by atoms with van der Waals surface area (Å²) in [5, 5.41) is -5.85. The zero-order chi connectivity index (χ0) is 15.2. The van der Waals surface area contributed by atoms with E-state index in [1.807, 2.05) is 0 Å². The van der Waals surface area contributed by atoms with E-state index in [4.69, 9.17) is 5.73 Å². The highest BCUT2D eigenvalue weighted by atomic mass is 32.2. The monoisotopic (exact) mass is 303 g/mol. The largest absolute Gasteiger partial charge is 0.469 e. The summed E-state index contributed by atoms with van der Waals surface area (Å²) in [6.45, 7) is 2.63. The van der Waals surface area contributed by atoms with Gasteiger partial charge in [-0.15, -0.1) is 0 Å². The van der Waals surface area contributed by atoms with Gasteiger partial charge in [0.2, 0.25) is 0 Å². The van der Waals surface area contributed by atoms with Crippen molar-refractivity contribution < 1.29 is 30.4 Å². The molecule has 0 aromatic heterocycles. The molecule has 1 rings (SSSR count). The number of alkyl halides is 5. The number of benzene rings is 1. The lowest BCUT2D eigenvalue weighted by Crippen LogP contribution is -2.43. The molecule has 108 valence electrons. The fourth-order valence-corrected chi connectivity index (χ4v) is 2.66. The molecule has 0 fully saturated rings. The van der Waals surface area contributed by atoms with Gasteiger partial charge in [-0.3, -0.25) is 0 Å². The normalized spacial score (nSPS) is 13.6. The van der Waals surface area contributed by atoms with Crippen molar-refractivity contribution in [1.82, 2.24) is 0 Å². The SMILES string of the molecule is Cc1cc(S(=O)(=O)C(F)(F)C(F)(F)F)cc(C)c1N. The van der Waals surface area contributed by atoms with Crippen LogP contribution in [0.2, 0.25) is 0 Å². The molecule has 0 unspecified atom stereocenters. The Balaban J connectivity index is 3.54. The van der Waals surface area contributed by atoms with E-state index in [1.54, 1.807) is 0 Å². The van der Waals surface area contributed by atoms with Crippen molar-refractivity contribution in [2.45, 2.75) is 30.2 Å². The Morgan fingerprint density at radius 3 is 1.68 bits per heavy atom. The van der Waals surface area contributed by atoms with E-state index < -0.39 is 26.2 Å². The molecule has 1 aromatic carbocycles. The molecule has 9 heteroatoms. The molecule has 0 bridgehead atoms. The lowest BCUT2D eigenvalue weighted by molar-refractivity contribution is -0.241. The number of halogens is 5. The topological polar surface area (TPSA) is 60.2 Å². The Morgan fingerprint density at radius 2 is 1.37 bits per heavy atom. The molecule has 0 saturated carbocycles. The van der Waals surface area contributed by atoms with Crippen molar-refractivity contribution in [2.75, 3.05) is 5.73 Å². The van der Waals surface area contributed by atoms with Gasteiger partial charge in [0, 0.05) is 5.69 Å². The zero-order valence-corrected chi connectivity index (χ0v) is 10.7. The van der Waals surface area contributed by atoms with Crippen LogP contribution in [0.25, 0.3) is 0 Å². The summed E-state index contributed by atoms with van der Waals surface area (Å²) in [4.78, 5) is -1.11. The molecule has 0 heterocycles. The lowest BCUT2D eigenvalue weighted by Gasteiger charge is -2.20. The molecule has 0 aliphatic carbocycles. The van der Waals surface area contributed by atoms with Crippen LogP contribution >= 0.6 is 0 Å². The van der Waals surface area contributed by atoms with Crippen LogP contribution in [0.1, 0.15) is 11.1 Å². The van der Waals surface area contributed by atoms with Gasteiger partial charge < -0.3 is 5.73 Å². The van der Waals surface area contributed by atoms with Gasteiger partial charge in [-0.25, -0.2) is 8.42 Å². The summed E-state index contributed by atoms with van der Waals surface area (Å²) >= 11 is 0. The minimum Gasteiger partial charge on any atom is -0.398 e. The summed E-state index contributed by atoms with van der Waals surface area (Å²) in [6, 6.07) is 1.38. The number of rotatable bonds is 2. The Hall–Kier alpha value is -1.38. The van der Waals surface area contributed by atoms with Crippen molar-refractivity contribution in [2.24, 2.45) is 0 Å². The van der Waals surface area contributed by atoms with Crippen LogP contribution < -0.4 is 5.73 Å². The van der Waals surface area contributed by atoms with Crippen molar-refractivity contribution in [3.63, 3.8) is 0 Å². The number of hydrogen-bond acceptors (Lipinski definition) is 3. The third kappa shape index (κ3) is 2.38. The van der Waals surface area contributed by atoms with Gasteiger partial charge in [0.05, 0.1) is 4.90 Å². The molecule has 0 atom stereocenters. The molecule has 0 aliphatic heterocycles. The van der Waals surface area contributed by atoms with Gasteiger partial charge in [0.1, 0.15) is 0 Å². The standard InChI is InChI=1S/C10H10F5NO2S/c1-5-3-7(4-6(2)8(5)16)19(17,18)10(14,15)9(11,12)13/h3-4H,16H2,1-2H3. The van der Waals surface area contributed by atoms with Crippen LogP contribution in [0.3, 0.4) is 0 Å². The number of anilines is 1. The molecule has 2 N–H and O–H groups in total. The van der Waals surface area contributed by atoms with Gasteiger partial charge in [-0.2, -0.15) is 22.0 Å². The van der Waals surface area contributed by atoms with Gasteiger partial charge >= 0.3 is 11.4 Å². The minimum atomic E-state index is -6.19. The maximum atomic E-state index is 13.0. The Morgan fingerprint density at radius 1 is 1.00 bits per heavy atom. The van der Waals surface area contributed by atoms with Crippen LogP contribution in [0.15, 0.2) is 17.0 Å². The number of nitrogen functional groups attached to an aromatic ring is 1. The smallest absolute Gasteiger partial charge is 0.398 e.